The number of thioether (sulfide) groups is 1. The molecule has 140 valence electrons. The average Bonchev–Trinajstić information content (AvgIpc) is 3.13. The molecule has 25 heavy (non-hydrogen) atoms. The van der Waals surface area contributed by atoms with Crippen LogP contribution in [0.25, 0.3) is 0 Å². The molecule has 10 heteroatoms. The highest BCUT2D eigenvalue weighted by molar-refractivity contribution is 8.01. The van der Waals surface area contributed by atoms with Crippen LogP contribution in [0.1, 0.15) is 33.1 Å². The van der Waals surface area contributed by atoms with Gasteiger partial charge < -0.3 is 15.0 Å². The van der Waals surface area contributed by atoms with Gasteiger partial charge in [0.2, 0.25) is 5.91 Å². The summed E-state index contributed by atoms with van der Waals surface area (Å²) in [6.07, 6.45) is 0.450. The first-order chi connectivity index (χ1) is 11.6. The number of nitrogens with zero attached hydrogens (tertiary/aromatic N) is 1. The van der Waals surface area contributed by atoms with E-state index in [1.807, 2.05) is 6.92 Å². The third kappa shape index (κ3) is 3.64. The van der Waals surface area contributed by atoms with Crippen molar-refractivity contribution in [2.45, 2.75) is 56.2 Å². The van der Waals surface area contributed by atoms with Crippen molar-refractivity contribution in [2.24, 2.45) is 0 Å². The van der Waals surface area contributed by atoms with E-state index in [-0.39, 0.29) is 22.3 Å². The number of nitrogens with one attached hydrogen (secondary N) is 1. The van der Waals surface area contributed by atoms with E-state index in [2.05, 4.69) is 5.32 Å². The molecule has 0 aromatic heterocycles. The third-order valence-electron chi connectivity index (χ3n) is 4.96. The number of fused-ring (bicyclic) bond motifs is 1. The minimum absolute atomic E-state index is 0.0566. The predicted octanol–water partition coefficient (Wildman–Crippen LogP) is -0.325. The van der Waals surface area contributed by atoms with Gasteiger partial charge in [-0.25, -0.2) is 13.2 Å². The largest absolute Gasteiger partial charge is 0.451 e. The van der Waals surface area contributed by atoms with E-state index in [0.29, 0.717) is 25.0 Å². The van der Waals surface area contributed by atoms with E-state index >= 15 is 0 Å². The molecule has 0 aromatic carbocycles. The van der Waals surface area contributed by atoms with Gasteiger partial charge in [-0.3, -0.25) is 9.59 Å². The Bertz CT molecular complexity index is 709. The molecular formula is C15H22N2O6S2. The Kier molecular flexibility index (Phi) is 4.78. The standard InChI is InChI=1S/C15H22N2O6S2/c1-9(13(19)16-10-4-6-25(21,22)8-10)23-14(20)11-7-24-15(2)5-3-12(18)17(11)15/h9-11H,3-8H2,1-2H3,(H,16,19)/t9-,10+,11-,15-/m0/s1. The minimum Gasteiger partial charge on any atom is -0.451 e. The number of carbonyl (C=O) groups is 3. The maximum Gasteiger partial charge on any atom is 0.330 e. The Morgan fingerprint density at radius 2 is 2.16 bits per heavy atom. The summed E-state index contributed by atoms with van der Waals surface area (Å²) in [7, 11) is -3.10. The topological polar surface area (TPSA) is 110 Å². The van der Waals surface area contributed by atoms with Crippen LogP contribution >= 0.6 is 11.8 Å². The second-order valence-corrected chi connectivity index (χ2v) is 10.7. The van der Waals surface area contributed by atoms with Crippen molar-refractivity contribution < 1.29 is 27.5 Å². The normalized spacial score (nSPS) is 34.6. The van der Waals surface area contributed by atoms with Crippen LogP contribution in [-0.2, 0) is 29.0 Å². The third-order valence-corrected chi connectivity index (χ3v) is 8.23. The van der Waals surface area contributed by atoms with Gasteiger partial charge in [-0.15, -0.1) is 11.8 Å². The van der Waals surface area contributed by atoms with E-state index in [9.17, 15) is 22.8 Å². The Morgan fingerprint density at radius 1 is 1.44 bits per heavy atom. The zero-order valence-electron chi connectivity index (χ0n) is 14.2. The fourth-order valence-electron chi connectivity index (χ4n) is 3.53. The molecule has 2 amide bonds. The van der Waals surface area contributed by atoms with Gasteiger partial charge in [0.15, 0.2) is 15.9 Å². The van der Waals surface area contributed by atoms with Gasteiger partial charge in [-0.05, 0) is 26.7 Å². The van der Waals surface area contributed by atoms with E-state index in [1.54, 1.807) is 16.7 Å². The minimum atomic E-state index is -3.10. The van der Waals surface area contributed by atoms with Crippen LogP contribution < -0.4 is 5.32 Å². The smallest absolute Gasteiger partial charge is 0.330 e. The van der Waals surface area contributed by atoms with Crippen molar-refractivity contribution in [3.8, 4) is 0 Å². The monoisotopic (exact) mass is 390 g/mol. The molecule has 8 nitrogen and oxygen atoms in total. The van der Waals surface area contributed by atoms with Gasteiger partial charge in [0.25, 0.3) is 5.91 Å². The molecule has 1 N–H and O–H groups in total. The summed E-state index contributed by atoms with van der Waals surface area (Å²) in [5.74, 6) is -0.746. The van der Waals surface area contributed by atoms with Crippen molar-refractivity contribution in [1.29, 1.82) is 0 Å². The summed E-state index contributed by atoms with van der Waals surface area (Å²) in [6.45, 7) is 3.39. The van der Waals surface area contributed by atoms with Crippen LogP contribution in [0.15, 0.2) is 0 Å². The summed E-state index contributed by atoms with van der Waals surface area (Å²) >= 11 is 1.55. The number of hydrogen-bond acceptors (Lipinski definition) is 7. The highest BCUT2D eigenvalue weighted by Gasteiger charge is 2.53. The second-order valence-electron chi connectivity index (χ2n) is 6.95. The number of rotatable bonds is 4. The maximum absolute atomic E-state index is 12.4. The molecule has 0 radical (unpaired) electrons. The fourth-order valence-corrected chi connectivity index (χ4v) is 6.62. The molecule has 0 spiro atoms. The van der Waals surface area contributed by atoms with Gasteiger partial charge >= 0.3 is 5.97 Å². The number of esters is 1. The van der Waals surface area contributed by atoms with Crippen LogP contribution in [0.5, 0.6) is 0 Å². The first kappa shape index (κ1) is 18.5. The molecule has 0 aliphatic carbocycles. The summed E-state index contributed by atoms with van der Waals surface area (Å²) < 4.78 is 28.1. The van der Waals surface area contributed by atoms with E-state index < -0.39 is 39.9 Å². The number of hydrogen-bond donors (Lipinski definition) is 1. The van der Waals surface area contributed by atoms with Gasteiger partial charge in [-0.1, -0.05) is 0 Å². The van der Waals surface area contributed by atoms with Crippen molar-refractivity contribution >= 4 is 39.4 Å². The summed E-state index contributed by atoms with van der Waals surface area (Å²) in [5.41, 5.74) is 0. The Balaban J connectivity index is 1.56. The first-order valence-corrected chi connectivity index (χ1v) is 11.1. The SMILES string of the molecule is C[C@H](OC(=O)[C@@H]1CS[C@@]2(C)CCC(=O)N12)C(=O)N[C@@H]1CCS(=O)(=O)C1. The zero-order chi connectivity index (χ0) is 18.4. The fraction of sp³-hybridized carbons (Fsp3) is 0.800. The number of sulfone groups is 1. The highest BCUT2D eigenvalue weighted by Crippen LogP contribution is 2.47. The molecule has 3 rings (SSSR count). The lowest BCUT2D eigenvalue weighted by Gasteiger charge is -2.30. The molecule has 4 atom stereocenters. The molecule has 3 aliphatic rings. The van der Waals surface area contributed by atoms with Crippen LogP contribution in [0.2, 0.25) is 0 Å². The number of carbonyl (C=O) groups excluding carboxylic acids is 3. The average molecular weight is 390 g/mol. The second kappa shape index (κ2) is 6.46. The van der Waals surface area contributed by atoms with Crippen molar-refractivity contribution in [3.05, 3.63) is 0 Å². The van der Waals surface area contributed by atoms with Gasteiger partial charge in [0, 0.05) is 18.2 Å². The molecule has 0 saturated carbocycles. The summed E-state index contributed by atoms with van der Waals surface area (Å²) in [4.78, 5) is 37.8. The molecule has 3 fully saturated rings. The van der Waals surface area contributed by atoms with Crippen molar-refractivity contribution in [3.63, 3.8) is 0 Å². The quantitative estimate of drug-likeness (QED) is 0.655. The molecule has 3 heterocycles. The van der Waals surface area contributed by atoms with E-state index in [1.165, 1.54) is 6.92 Å². The molecule has 0 unspecified atom stereocenters. The number of ether oxygens (including phenoxy) is 1. The van der Waals surface area contributed by atoms with Crippen LogP contribution in [0.3, 0.4) is 0 Å². The molecule has 0 bridgehead atoms. The predicted molar refractivity (Wildman–Crippen MR) is 91.5 cm³/mol. The van der Waals surface area contributed by atoms with Crippen molar-refractivity contribution in [1.82, 2.24) is 10.2 Å². The Labute approximate surface area is 150 Å². The lowest BCUT2D eigenvalue weighted by molar-refractivity contribution is -0.161. The van der Waals surface area contributed by atoms with Crippen LogP contribution in [-0.4, -0.2) is 71.4 Å². The maximum atomic E-state index is 12.4. The lowest BCUT2D eigenvalue weighted by Crippen LogP contribution is -2.49. The van der Waals surface area contributed by atoms with Crippen LogP contribution in [0, 0.1) is 0 Å². The van der Waals surface area contributed by atoms with Crippen LogP contribution in [0.4, 0.5) is 0 Å². The van der Waals surface area contributed by atoms with Crippen molar-refractivity contribution in [2.75, 3.05) is 17.3 Å². The van der Waals surface area contributed by atoms with Gasteiger partial charge in [0.05, 0.1) is 16.4 Å². The summed E-state index contributed by atoms with van der Waals surface area (Å²) in [6, 6.07) is -1.11. The number of amides is 2. The molecule has 3 saturated heterocycles. The molecular weight excluding hydrogens is 368 g/mol. The van der Waals surface area contributed by atoms with Gasteiger partial charge in [0.1, 0.15) is 6.04 Å². The molecule has 3 aliphatic heterocycles. The lowest BCUT2D eigenvalue weighted by atomic mass is 10.2. The Hall–Kier alpha value is -1.29. The van der Waals surface area contributed by atoms with Gasteiger partial charge in [-0.2, -0.15) is 0 Å². The summed E-state index contributed by atoms with van der Waals surface area (Å²) in [5, 5.41) is 2.61. The van der Waals surface area contributed by atoms with E-state index in [0.717, 1.165) is 0 Å². The first-order valence-electron chi connectivity index (χ1n) is 8.29. The zero-order valence-corrected chi connectivity index (χ0v) is 15.8. The Morgan fingerprint density at radius 3 is 2.80 bits per heavy atom. The highest BCUT2D eigenvalue weighted by atomic mass is 32.2. The molecule has 0 aromatic rings. The van der Waals surface area contributed by atoms with E-state index in [4.69, 9.17) is 4.74 Å².